The molecule has 2 heterocycles. The van der Waals surface area contributed by atoms with Crippen molar-refractivity contribution in [3.05, 3.63) is 60.0 Å². The standard InChI is InChI=1S/C17H16FN5/c1-11-9-12(6-7-13(11)18)21-16-10-15(22-17(19-2)23-16)14-5-3-4-8-20-14/h3-10H,1-2H3,(H2,19,21,22,23). The lowest BCUT2D eigenvalue weighted by molar-refractivity contribution is 0.619. The van der Waals surface area contributed by atoms with Crippen molar-refractivity contribution in [3.63, 3.8) is 0 Å². The third kappa shape index (κ3) is 3.42. The van der Waals surface area contributed by atoms with E-state index in [9.17, 15) is 4.39 Å². The number of aryl methyl sites for hydroxylation is 1. The maximum Gasteiger partial charge on any atom is 0.225 e. The van der Waals surface area contributed by atoms with Crippen molar-refractivity contribution >= 4 is 17.5 Å². The van der Waals surface area contributed by atoms with Gasteiger partial charge in [-0.1, -0.05) is 6.07 Å². The monoisotopic (exact) mass is 309 g/mol. The molecule has 0 spiro atoms. The topological polar surface area (TPSA) is 62.7 Å². The van der Waals surface area contributed by atoms with Gasteiger partial charge >= 0.3 is 0 Å². The molecule has 3 rings (SSSR count). The van der Waals surface area contributed by atoms with Crippen molar-refractivity contribution in [3.8, 4) is 11.4 Å². The lowest BCUT2D eigenvalue weighted by Crippen LogP contribution is -2.02. The van der Waals surface area contributed by atoms with Crippen molar-refractivity contribution in [2.45, 2.75) is 6.92 Å². The molecule has 0 unspecified atom stereocenters. The maximum atomic E-state index is 13.4. The van der Waals surface area contributed by atoms with Crippen LogP contribution in [0.3, 0.4) is 0 Å². The highest BCUT2D eigenvalue weighted by Crippen LogP contribution is 2.23. The Hall–Kier alpha value is -3.02. The van der Waals surface area contributed by atoms with E-state index in [1.807, 2.05) is 24.3 Å². The summed E-state index contributed by atoms with van der Waals surface area (Å²) in [5.41, 5.74) is 2.79. The first kappa shape index (κ1) is 14.9. The third-order valence-corrected chi connectivity index (χ3v) is 3.31. The Morgan fingerprint density at radius 3 is 2.57 bits per heavy atom. The van der Waals surface area contributed by atoms with Crippen LogP contribution >= 0.6 is 0 Å². The maximum absolute atomic E-state index is 13.4. The van der Waals surface area contributed by atoms with Crippen LogP contribution in [0.25, 0.3) is 11.4 Å². The number of nitrogens with one attached hydrogen (secondary N) is 2. The Labute approximate surface area is 133 Å². The van der Waals surface area contributed by atoms with Crippen LogP contribution in [0.2, 0.25) is 0 Å². The van der Waals surface area contributed by atoms with Crippen molar-refractivity contribution in [2.75, 3.05) is 17.7 Å². The van der Waals surface area contributed by atoms with Crippen molar-refractivity contribution in [1.82, 2.24) is 15.0 Å². The molecule has 3 aromatic rings. The Morgan fingerprint density at radius 2 is 1.87 bits per heavy atom. The minimum atomic E-state index is -0.233. The molecule has 0 fully saturated rings. The van der Waals surface area contributed by atoms with E-state index in [-0.39, 0.29) is 5.82 Å². The second kappa shape index (κ2) is 6.39. The van der Waals surface area contributed by atoms with Gasteiger partial charge in [0.15, 0.2) is 0 Å². The zero-order chi connectivity index (χ0) is 16.2. The van der Waals surface area contributed by atoms with Gasteiger partial charge in [0.2, 0.25) is 5.95 Å². The smallest absolute Gasteiger partial charge is 0.225 e. The number of benzene rings is 1. The minimum Gasteiger partial charge on any atom is -0.357 e. The Balaban J connectivity index is 1.97. The number of halogens is 1. The van der Waals surface area contributed by atoms with Crippen LogP contribution in [-0.2, 0) is 0 Å². The van der Waals surface area contributed by atoms with Crippen molar-refractivity contribution in [1.29, 1.82) is 0 Å². The van der Waals surface area contributed by atoms with E-state index in [0.29, 0.717) is 23.0 Å². The molecule has 0 radical (unpaired) electrons. The van der Waals surface area contributed by atoms with Gasteiger partial charge in [0, 0.05) is 25.0 Å². The first-order valence-electron chi connectivity index (χ1n) is 7.17. The highest BCUT2D eigenvalue weighted by Gasteiger charge is 2.08. The van der Waals surface area contributed by atoms with Gasteiger partial charge in [0.1, 0.15) is 11.6 Å². The summed E-state index contributed by atoms with van der Waals surface area (Å²) in [6, 6.07) is 12.3. The van der Waals surface area contributed by atoms with E-state index in [1.165, 1.54) is 6.07 Å². The average Bonchev–Trinajstić information content (AvgIpc) is 2.58. The molecule has 2 aromatic heterocycles. The quantitative estimate of drug-likeness (QED) is 0.768. The van der Waals surface area contributed by atoms with Gasteiger partial charge in [-0.3, -0.25) is 4.98 Å². The highest BCUT2D eigenvalue weighted by molar-refractivity contribution is 5.65. The van der Waals surface area contributed by atoms with Crippen LogP contribution < -0.4 is 10.6 Å². The summed E-state index contributed by atoms with van der Waals surface area (Å²) < 4.78 is 13.4. The second-order valence-corrected chi connectivity index (χ2v) is 5.02. The van der Waals surface area contributed by atoms with E-state index in [1.54, 1.807) is 32.3 Å². The Bertz CT molecular complexity index is 820. The van der Waals surface area contributed by atoms with E-state index in [2.05, 4.69) is 25.6 Å². The normalized spacial score (nSPS) is 10.4. The average molecular weight is 309 g/mol. The number of pyridine rings is 1. The van der Waals surface area contributed by atoms with E-state index >= 15 is 0 Å². The molecule has 0 aliphatic rings. The van der Waals surface area contributed by atoms with Crippen LogP contribution in [0.15, 0.2) is 48.7 Å². The molecule has 116 valence electrons. The van der Waals surface area contributed by atoms with Gasteiger partial charge in [-0.15, -0.1) is 0 Å². The van der Waals surface area contributed by atoms with Gasteiger partial charge < -0.3 is 10.6 Å². The largest absolute Gasteiger partial charge is 0.357 e. The molecule has 0 atom stereocenters. The summed E-state index contributed by atoms with van der Waals surface area (Å²) in [7, 11) is 1.75. The van der Waals surface area contributed by atoms with Crippen LogP contribution in [0, 0.1) is 12.7 Å². The molecule has 5 nitrogen and oxygen atoms in total. The fourth-order valence-corrected chi connectivity index (χ4v) is 2.14. The van der Waals surface area contributed by atoms with E-state index in [0.717, 1.165) is 11.4 Å². The SMILES string of the molecule is CNc1nc(Nc2ccc(F)c(C)c2)cc(-c2ccccn2)n1. The summed E-state index contributed by atoms with van der Waals surface area (Å²) >= 11 is 0. The number of hydrogen-bond acceptors (Lipinski definition) is 5. The fourth-order valence-electron chi connectivity index (χ4n) is 2.14. The molecular formula is C17H16FN5. The lowest BCUT2D eigenvalue weighted by Gasteiger charge is -2.10. The molecule has 0 saturated heterocycles. The first-order chi connectivity index (χ1) is 11.2. The van der Waals surface area contributed by atoms with E-state index < -0.39 is 0 Å². The fraction of sp³-hybridized carbons (Fsp3) is 0.118. The Kier molecular flexibility index (Phi) is 4.14. The summed E-state index contributed by atoms with van der Waals surface area (Å²) in [6.45, 7) is 1.72. The summed E-state index contributed by atoms with van der Waals surface area (Å²) in [4.78, 5) is 13.1. The van der Waals surface area contributed by atoms with Crippen LogP contribution in [-0.4, -0.2) is 22.0 Å². The van der Waals surface area contributed by atoms with Crippen LogP contribution in [0.4, 0.5) is 21.8 Å². The van der Waals surface area contributed by atoms with E-state index in [4.69, 9.17) is 0 Å². The zero-order valence-electron chi connectivity index (χ0n) is 12.8. The molecular weight excluding hydrogens is 293 g/mol. The highest BCUT2D eigenvalue weighted by atomic mass is 19.1. The summed E-state index contributed by atoms with van der Waals surface area (Å²) in [6.07, 6.45) is 1.72. The van der Waals surface area contributed by atoms with Crippen molar-refractivity contribution in [2.24, 2.45) is 0 Å². The van der Waals surface area contributed by atoms with Crippen molar-refractivity contribution < 1.29 is 4.39 Å². The number of hydrogen-bond donors (Lipinski definition) is 2. The molecule has 1 aromatic carbocycles. The molecule has 0 amide bonds. The zero-order valence-corrected chi connectivity index (χ0v) is 12.8. The lowest BCUT2D eigenvalue weighted by atomic mass is 10.2. The minimum absolute atomic E-state index is 0.233. The predicted molar refractivity (Wildman–Crippen MR) is 89.2 cm³/mol. The first-order valence-corrected chi connectivity index (χ1v) is 7.17. The van der Waals surface area contributed by atoms with Gasteiger partial charge in [0.05, 0.1) is 11.4 Å². The molecule has 0 aliphatic heterocycles. The van der Waals surface area contributed by atoms with Gasteiger partial charge in [-0.25, -0.2) is 9.37 Å². The molecule has 0 bridgehead atoms. The Morgan fingerprint density at radius 1 is 1.00 bits per heavy atom. The molecule has 0 saturated carbocycles. The predicted octanol–water partition coefficient (Wildman–Crippen LogP) is 3.77. The van der Waals surface area contributed by atoms with Crippen LogP contribution in [0.1, 0.15) is 5.56 Å². The number of anilines is 3. The molecule has 0 aliphatic carbocycles. The van der Waals surface area contributed by atoms with Gasteiger partial charge in [0.25, 0.3) is 0 Å². The number of rotatable bonds is 4. The number of aromatic nitrogens is 3. The molecule has 2 N–H and O–H groups in total. The second-order valence-electron chi connectivity index (χ2n) is 5.02. The molecule has 6 heteroatoms. The summed E-state index contributed by atoms with van der Waals surface area (Å²) in [5, 5.41) is 6.11. The third-order valence-electron chi connectivity index (χ3n) is 3.31. The van der Waals surface area contributed by atoms with Gasteiger partial charge in [-0.2, -0.15) is 4.98 Å². The molecule has 23 heavy (non-hydrogen) atoms. The number of nitrogens with zero attached hydrogens (tertiary/aromatic N) is 3. The van der Waals surface area contributed by atoms with Crippen LogP contribution in [0.5, 0.6) is 0 Å². The summed E-state index contributed by atoms with van der Waals surface area (Å²) in [5.74, 6) is 0.855. The van der Waals surface area contributed by atoms with Gasteiger partial charge in [-0.05, 0) is 42.8 Å².